The SMILES string of the molecule is CC(NC(=O)CNC(=O)C12CC3CC(CC(C3)C1)C2)c1ccc(F)c(F)c1. The van der Waals surface area contributed by atoms with Crippen LogP contribution in [-0.2, 0) is 9.59 Å². The first-order valence-corrected chi connectivity index (χ1v) is 9.87. The Balaban J connectivity index is 1.31. The number of halogens is 2. The van der Waals surface area contributed by atoms with Gasteiger partial charge in [-0.25, -0.2) is 8.78 Å². The van der Waals surface area contributed by atoms with E-state index in [2.05, 4.69) is 10.6 Å². The summed E-state index contributed by atoms with van der Waals surface area (Å²) in [5, 5.41) is 5.56. The fourth-order valence-corrected chi connectivity index (χ4v) is 5.89. The van der Waals surface area contributed by atoms with Gasteiger partial charge in [0.05, 0.1) is 12.6 Å². The maximum atomic E-state index is 13.3. The van der Waals surface area contributed by atoms with Crippen LogP contribution < -0.4 is 10.6 Å². The van der Waals surface area contributed by atoms with Gasteiger partial charge in [0.15, 0.2) is 11.6 Å². The van der Waals surface area contributed by atoms with E-state index in [-0.39, 0.29) is 23.8 Å². The second-order valence-electron chi connectivity index (χ2n) is 8.84. The van der Waals surface area contributed by atoms with Gasteiger partial charge in [0.1, 0.15) is 0 Å². The molecule has 146 valence electrons. The van der Waals surface area contributed by atoms with Crippen LogP contribution in [0.2, 0.25) is 0 Å². The van der Waals surface area contributed by atoms with Gasteiger partial charge in [-0.15, -0.1) is 0 Å². The summed E-state index contributed by atoms with van der Waals surface area (Å²) in [5.41, 5.74) is 0.204. The predicted octanol–water partition coefficient (Wildman–Crippen LogP) is 3.47. The van der Waals surface area contributed by atoms with Gasteiger partial charge >= 0.3 is 0 Å². The maximum absolute atomic E-state index is 13.3. The van der Waals surface area contributed by atoms with Crippen LogP contribution in [-0.4, -0.2) is 18.4 Å². The number of rotatable bonds is 5. The molecule has 2 N–H and O–H groups in total. The van der Waals surface area contributed by atoms with Crippen molar-refractivity contribution >= 4 is 11.8 Å². The first-order chi connectivity index (χ1) is 12.8. The highest BCUT2D eigenvalue weighted by atomic mass is 19.2. The lowest BCUT2D eigenvalue weighted by molar-refractivity contribution is -0.147. The zero-order chi connectivity index (χ0) is 19.2. The Labute approximate surface area is 158 Å². The van der Waals surface area contributed by atoms with Crippen molar-refractivity contribution in [3.8, 4) is 0 Å². The third kappa shape index (κ3) is 3.58. The molecule has 27 heavy (non-hydrogen) atoms. The summed E-state index contributed by atoms with van der Waals surface area (Å²) in [4.78, 5) is 25.1. The minimum atomic E-state index is -0.941. The van der Waals surface area contributed by atoms with Gasteiger partial charge in [0, 0.05) is 5.41 Å². The third-order valence-corrected chi connectivity index (χ3v) is 6.75. The van der Waals surface area contributed by atoms with Gasteiger partial charge in [0.25, 0.3) is 0 Å². The summed E-state index contributed by atoms with van der Waals surface area (Å²) in [6, 6.07) is 3.09. The number of benzene rings is 1. The topological polar surface area (TPSA) is 58.2 Å². The monoisotopic (exact) mass is 376 g/mol. The van der Waals surface area contributed by atoms with Crippen LogP contribution in [0.25, 0.3) is 0 Å². The van der Waals surface area contributed by atoms with Crippen LogP contribution in [0.4, 0.5) is 8.78 Å². The van der Waals surface area contributed by atoms with Crippen molar-refractivity contribution in [3.05, 3.63) is 35.4 Å². The van der Waals surface area contributed by atoms with Crippen molar-refractivity contribution in [3.63, 3.8) is 0 Å². The molecule has 6 heteroatoms. The van der Waals surface area contributed by atoms with Crippen molar-refractivity contribution in [2.75, 3.05) is 6.54 Å². The van der Waals surface area contributed by atoms with E-state index < -0.39 is 17.7 Å². The fourth-order valence-electron chi connectivity index (χ4n) is 5.89. The molecule has 4 fully saturated rings. The fraction of sp³-hybridized carbons (Fsp3) is 0.619. The Hall–Kier alpha value is -1.98. The number of nitrogens with one attached hydrogen (secondary N) is 2. The quantitative estimate of drug-likeness (QED) is 0.827. The van der Waals surface area contributed by atoms with E-state index in [1.54, 1.807) is 6.92 Å². The smallest absolute Gasteiger partial charge is 0.239 e. The molecule has 5 rings (SSSR count). The second kappa shape index (κ2) is 6.88. The highest BCUT2D eigenvalue weighted by molar-refractivity contribution is 5.88. The van der Waals surface area contributed by atoms with Crippen LogP contribution in [0.15, 0.2) is 18.2 Å². The third-order valence-electron chi connectivity index (χ3n) is 6.75. The summed E-state index contributed by atoms with van der Waals surface area (Å²) in [5.74, 6) is -0.163. The van der Waals surface area contributed by atoms with E-state index in [1.165, 1.54) is 25.3 Å². The van der Waals surface area contributed by atoms with Crippen molar-refractivity contribution in [1.82, 2.24) is 10.6 Å². The normalized spacial score (nSPS) is 32.2. The first kappa shape index (κ1) is 18.4. The molecule has 4 aliphatic rings. The number of hydrogen-bond donors (Lipinski definition) is 2. The minimum absolute atomic E-state index is 0.0113. The Morgan fingerprint density at radius 1 is 1.07 bits per heavy atom. The summed E-state index contributed by atoms with van der Waals surface area (Å²) in [6.45, 7) is 1.61. The van der Waals surface area contributed by atoms with E-state index in [1.807, 2.05) is 0 Å². The Kier molecular flexibility index (Phi) is 4.68. The molecule has 1 aromatic rings. The van der Waals surface area contributed by atoms with Crippen LogP contribution in [0.3, 0.4) is 0 Å². The molecule has 0 aromatic heterocycles. The van der Waals surface area contributed by atoms with E-state index in [9.17, 15) is 18.4 Å². The standard InChI is InChI=1S/C21H26F2N2O2/c1-12(16-2-3-17(22)18(23)7-16)25-19(26)11-24-20(27)21-8-13-4-14(9-21)6-15(5-13)10-21/h2-3,7,12-15H,4-6,8-11H2,1H3,(H,24,27)(H,25,26). The molecule has 4 saturated carbocycles. The minimum Gasteiger partial charge on any atom is -0.348 e. The van der Waals surface area contributed by atoms with Crippen LogP contribution in [0.1, 0.15) is 57.1 Å². The van der Waals surface area contributed by atoms with Gasteiger partial charge < -0.3 is 10.6 Å². The summed E-state index contributed by atoms with van der Waals surface area (Å²) < 4.78 is 26.4. The van der Waals surface area contributed by atoms with E-state index in [0.29, 0.717) is 23.3 Å². The molecule has 0 aliphatic heterocycles. The predicted molar refractivity (Wildman–Crippen MR) is 96.5 cm³/mol. The van der Waals surface area contributed by atoms with Gasteiger partial charge in [-0.2, -0.15) is 0 Å². The molecule has 0 heterocycles. The van der Waals surface area contributed by atoms with Crippen LogP contribution >= 0.6 is 0 Å². The van der Waals surface area contributed by atoms with Gasteiger partial charge in [-0.05, 0) is 80.9 Å². The lowest BCUT2D eigenvalue weighted by atomic mass is 9.49. The number of amides is 2. The second-order valence-corrected chi connectivity index (χ2v) is 8.84. The molecule has 0 radical (unpaired) electrons. The van der Waals surface area contributed by atoms with Crippen LogP contribution in [0.5, 0.6) is 0 Å². The Morgan fingerprint density at radius 3 is 2.22 bits per heavy atom. The Bertz CT molecular complexity index is 729. The summed E-state index contributed by atoms with van der Waals surface area (Å²) >= 11 is 0. The highest BCUT2D eigenvalue weighted by Crippen LogP contribution is 2.60. The molecule has 4 aliphatic carbocycles. The largest absolute Gasteiger partial charge is 0.348 e. The molecule has 0 saturated heterocycles. The molecular formula is C21H26F2N2O2. The van der Waals surface area contributed by atoms with E-state index in [4.69, 9.17) is 0 Å². The molecule has 1 unspecified atom stereocenters. The molecule has 4 bridgehead atoms. The summed E-state index contributed by atoms with van der Waals surface area (Å²) in [7, 11) is 0. The molecule has 4 nitrogen and oxygen atoms in total. The average Bonchev–Trinajstić information content (AvgIpc) is 2.60. The van der Waals surface area contributed by atoms with Crippen molar-refractivity contribution in [2.45, 2.75) is 51.5 Å². The van der Waals surface area contributed by atoms with Crippen LogP contribution in [0, 0.1) is 34.8 Å². The first-order valence-electron chi connectivity index (χ1n) is 9.87. The maximum Gasteiger partial charge on any atom is 0.239 e. The number of carbonyl (C=O) groups is 2. The average molecular weight is 376 g/mol. The van der Waals surface area contributed by atoms with Crippen molar-refractivity contribution in [1.29, 1.82) is 0 Å². The number of hydrogen-bond acceptors (Lipinski definition) is 2. The molecule has 0 spiro atoms. The van der Waals surface area contributed by atoms with Crippen molar-refractivity contribution in [2.24, 2.45) is 23.2 Å². The lowest BCUT2D eigenvalue weighted by Crippen LogP contribution is -2.54. The van der Waals surface area contributed by atoms with E-state index in [0.717, 1.165) is 31.4 Å². The van der Waals surface area contributed by atoms with Gasteiger partial charge in [0.2, 0.25) is 11.8 Å². The molecule has 2 amide bonds. The molecule has 1 atom stereocenters. The zero-order valence-electron chi connectivity index (χ0n) is 15.6. The lowest BCUT2D eigenvalue weighted by Gasteiger charge is -2.55. The highest BCUT2D eigenvalue weighted by Gasteiger charge is 2.54. The molecular weight excluding hydrogens is 350 g/mol. The van der Waals surface area contributed by atoms with E-state index >= 15 is 0 Å². The Morgan fingerprint density at radius 2 is 1.67 bits per heavy atom. The zero-order valence-corrected chi connectivity index (χ0v) is 15.6. The van der Waals surface area contributed by atoms with Crippen molar-refractivity contribution < 1.29 is 18.4 Å². The molecule has 1 aromatic carbocycles. The van der Waals surface area contributed by atoms with Gasteiger partial charge in [-0.3, -0.25) is 9.59 Å². The summed E-state index contributed by atoms with van der Waals surface area (Å²) in [6.07, 6.45) is 6.66. The number of carbonyl (C=O) groups excluding carboxylic acids is 2. The van der Waals surface area contributed by atoms with Gasteiger partial charge in [-0.1, -0.05) is 6.07 Å².